The second-order valence-corrected chi connectivity index (χ2v) is 2.32. The van der Waals surface area contributed by atoms with Crippen molar-refractivity contribution in [3.63, 3.8) is 0 Å². The van der Waals surface area contributed by atoms with E-state index in [4.69, 9.17) is 1.37 Å². The molecule has 0 amide bonds. The van der Waals surface area contributed by atoms with Gasteiger partial charge in [0.2, 0.25) is 0 Å². The number of fused-ring (bicyclic) bond motifs is 1. The molecule has 48 valence electrons. The predicted molar refractivity (Wildman–Crippen MR) is 42.2 cm³/mol. The van der Waals surface area contributed by atoms with E-state index < -0.39 is 0 Å². The SMILES string of the molecule is [2H]c1cc2c(n1C)C=[C+]C=C2. The minimum absolute atomic E-state index is 0.541. The zero-order valence-electron chi connectivity index (χ0n) is 6.76. The summed E-state index contributed by atoms with van der Waals surface area (Å²) < 4.78 is 9.34. The van der Waals surface area contributed by atoms with Crippen molar-refractivity contribution >= 4 is 12.2 Å². The molecule has 2 rings (SSSR count). The molecule has 1 aromatic rings. The monoisotopic (exact) mass is 131 g/mol. The first-order valence-corrected chi connectivity index (χ1v) is 3.21. The molecule has 0 saturated carbocycles. The molecule has 0 spiro atoms. The Morgan fingerprint density at radius 3 is 3.40 bits per heavy atom. The summed E-state index contributed by atoms with van der Waals surface area (Å²) in [5.74, 6) is 0. The predicted octanol–water partition coefficient (Wildman–Crippen LogP) is 1.87. The topological polar surface area (TPSA) is 4.93 Å². The summed E-state index contributed by atoms with van der Waals surface area (Å²) in [6.45, 7) is 0. The highest BCUT2D eigenvalue weighted by Gasteiger charge is 2.11. The van der Waals surface area contributed by atoms with Gasteiger partial charge in [0.1, 0.15) is 17.7 Å². The highest BCUT2D eigenvalue weighted by molar-refractivity contribution is 5.67. The summed E-state index contributed by atoms with van der Waals surface area (Å²) in [5.41, 5.74) is 2.17. The van der Waals surface area contributed by atoms with Gasteiger partial charge in [0, 0.05) is 19.3 Å². The van der Waals surface area contributed by atoms with Gasteiger partial charge in [0.05, 0.1) is 7.45 Å². The van der Waals surface area contributed by atoms with Gasteiger partial charge < -0.3 is 0 Å². The average molecular weight is 131 g/mol. The second kappa shape index (κ2) is 1.83. The van der Waals surface area contributed by atoms with Crippen LogP contribution in [0.3, 0.4) is 0 Å². The summed E-state index contributed by atoms with van der Waals surface area (Å²) >= 11 is 0. The molecule has 0 aliphatic heterocycles. The van der Waals surface area contributed by atoms with Gasteiger partial charge in [-0.2, -0.15) is 0 Å². The van der Waals surface area contributed by atoms with E-state index in [9.17, 15) is 0 Å². The third-order valence-corrected chi connectivity index (χ3v) is 1.65. The Labute approximate surface area is 61.7 Å². The van der Waals surface area contributed by atoms with Gasteiger partial charge in [-0.3, -0.25) is 4.57 Å². The Hall–Kier alpha value is -1.33. The van der Waals surface area contributed by atoms with Crippen LogP contribution < -0.4 is 0 Å². The number of hydrogen-bond acceptors (Lipinski definition) is 0. The van der Waals surface area contributed by atoms with E-state index in [2.05, 4.69) is 6.08 Å². The molecule has 1 heterocycles. The van der Waals surface area contributed by atoms with Gasteiger partial charge in [-0.05, 0) is 6.07 Å². The molecule has 0 radical (unpaired) electrons. The summed E-state index contributed by atoms with van der Waals surface area (Å²) in [6, 6.07) is 1.85. The fraction of sp³-hybridized carbons (Fsp3) is 0.111. The summed E-state index contributed by atoms with van der Waals surface area (Å²) in [5, 5.41) is 0. The van der Waals surface area contributed by atoms with Gasteiger partial charge in [-0.1, -0.05) is 0 Å². The van der Waals surface area contributed by atoms with Crippen molar-refractivity contribution in [2.45, 2.75) is 0 Å². The first-order chi connectivity index (χ1) is 5.29. The Bertz CT molecular complexity index is 345. The first kappa shape index (κ1) is 4.48. The molecule has 0 fully saturated rings. The lowest BCUT2D eigenvalue weighted by atomic mass is 10.1. The molecule has 0 aromatic carbocycles. The Morgan fingerprint density at radius 1 is 1.70 bits per heavy atom. The third-order valence-electron chi connectivity index (χ3n) is 1.65. The lowest BCUT2D eigenvalue weighted by Gasteiger charge is -1.91. The molecule has 0 saturated heterocycles. The molecule has 1 aliphatic rings. The Morgan fingerprint density at radius 2 is 2.60 bits per heavy atom. The van der Waals surface area contributed by atoms with Crippen LogP contribution in [0.2, 0.25) is 0 Å². The van der Waals surface area contributed by atoms with E-state index >= 15 is 0 Å². The number of hydrogen-bond donors (Lipinski definition) is 0. The second-order valence-electron chi connectivity index (χ2n) is 2.32. The van der Waals surface area contributed by atoms with Crippen molar-refractivity contribution in [1.82, 2.24) is 4.57 Å². The van der Waals surface area contributed by atoms with Crippen LogP contribution in [0.15, 0.2) is 18.3 Å². The largest absolute Gasteiger partial charge is 0.298 e. The van der Waals surface area contributed by atoms with Crippen molar-refractivity contribution < 1.29 is 1.37 Å². The van der Waals surface area contributed by atoms with E-state index in [1.165, 1.54) is 0 Å². The maximum atomic E-state index is 7.50. The first-order valence-electron chi connectivity index (χ1n) is 3.71. The third kappa shape index (κ3) is 0.615. The summed E-state index contributed by atoms with van der Waals surface area (Å²) in [6.07, 6.45) is 9.25. The maximum Gasteiger partial charge on any atom is 0.160 e. The zero-order valence-corrected chi connectivity index (χ0v) is 5.76. The smallest absolute Gasteiger partial charge is 0.160 e. The maximum absolute atomic E-state index is 7.50. The van der Waals surface area contributed by atoms with Crippen LogP contribution in [0.5, 0.6) is 0 Å². The highest BCUT2D eigenvalue weighted by Crippen LogP contribution is 2.16. The van der Waals surface area contributed by atoms with Gasteiger partial charge >= 0.3 is 0 Å². The molecule has 10 heavy (non-hydrogen) atoms. The van der Waals surface area contributed by atoms with Crippen molar-refractivity contribution in [2.24, 2.45) is 7.05 Å². The van der Waals surface area contributed by atoms with Gasteiger partial charge in [0.25, 0.3) is 0 Å². The Kier molecular flexibility index (Phi) is 0.818. The lowest BCUT2D eigenvalue weighted by Crippen LogP contribution is -1.90. The van der Waals surface area contributed by atoms with Crippen LogP contribution in [0.1, 0.15) is 12.6 Å². The molecule has 0 unspecified atom stereocenters. The van der Waals surface area contributed by atoms with Crippen LogP contribution in [0.4, 0.5) is 0 Å². The van der Waals surface area contributed by atoms with Crippen LogP contribution in [-0.2, 0) is 7.05 Å². The van der Waals surface area contributed by atoms with Crippen LogP contribution in [0, 0.1) is 6.08 Å². The lowest BCUT2D eigenvalue weighted by molar-refractivity contribution is 0.913. The summed E-state index contributed by atoms with van der Waals surface area (Å²) in [4.78, 5) is 0. The van der Waals surface area contributed by atoms with E-state index in [0.717, 1.165) is 11.3 Å². The molecular formula is C9H8N+. The van der Waals surface area contributed by atoms with E-state index in [-0.39, 0.29) is 0 Å². The molecular weight excluding hydrogens is 122 g/mol. The standard InChI is InChI=1S/C9H8N/c1-10-7-6-8-4-2-3-5-9(8)10/h2,4-7H,1H3/q+1/i7D. The highest BCUT2D eigenvalue weighted by atomic mass is 14.9. The van der Waals surface area contributed by atoms with E-state index in [1.54, 1.807) is 0 Å². The zero-order chi connectivity index (χ0) is 7.84. The van der Waals surface area contributed by atoms with E-state index in [1.807, 2.05) is 35.9 Å². The van der Waals surface area contributed by atoms with Crippen molar-refractivity contribution in [1.29, 1.82) is 0 Å². The minimum Gasteiger partial charge on any atom is -0.298 e. The Balaban J connectivity index is 2.71. The number of aromatic nitrogens is 1. The molecule has 1 aliphatic carbocycles. The van der Waals surface area contributed by atoms with Crippen LogP contribution in [-0.4, -0.2) is 4.57 Å². The fourth-order valence-corrected chi connectivity index (χ4v) is 1.08. The van der Waals surface area contributed by atoms with Gasteiger partial charge in [-0.25, -0.2) is 0 Å². The van der Waals surface area contributed by atoms with Gasteiger partial charge in [-0.15, -0.1) is 0 Å². The fourth-order valence-electron chi connectivity index (χ4n) is 1.08. The number of nitrogens with zero attached hydrogens (tertiary/aromatic N) is 1. The number of rotatable bonds is 0. The quantitative estimate of drug-likeness (QED) is 0.474. The summed E-state index contributed by atoms with van der Waals surface area (Å²) in [7, 11) is 1.89. The van der Waals surface area contributed by atoms with E-state index in [0.29, 0.717) is 6.17 Å². The van der Waals surface area contributed by atoms with Crippen molar-refractivity contribution in [3.8, 4) is 0 Å². The molecule has 1 aromatic heterocycles. The number of allylic oxidation sites excluding steroid dienone is 2. The normalized spacial score (nSPS) is 14.3. The molecule has 1 nitrogen and oxygen atoms in total. The molecule has 0 atom stereocenters. The minimum atomic E-state index is 0.541. The molecule has 0 bridgehead atoms. The van der Waals surface area contributed by atoms with Crippen LogP contribution >= 0.6 is 0 Å². The average Bonchev–Trinajstić information content (AvgIpc) is 2.30. The molecule has 1 heteroatoms. The van der Waals surface area contributed by atoms with Crippen LogP contribution in [0.25, 0.3) is 12.2 Å². The van der Waals surface area contributed by atoms with Crippen molar-refractivity contribution in [2.75, 3.05) is 0 Å². The van der Waals surface area contributed by atoms with Gasteiger partial charge in [0.15, 0.2) is 5.69 Å². The van der Waals surface area contributed by atoms with Crippen molar-refractivity contribution in [3.05, 3.63) is 35.6 Å². The molecule has 0 N–H and O–H groups in total.